The molecule has 2 aromatic heterocycles. The fourth-order valence-electron chi connectivity index (χ4n) is 4.43. The molecule has 38 heavy (non-hydrogen) atoms. The first-order valence-electron chi connectivity index (χ1n) is 11.8. The predicted molar refractivity (Wildman–Crippen MR) is 139 cm³/mol. The van der Waals surface area contributed by atoms with Gasteiger partial charge in [-0.2, -0.15) is 5.10 Å². The van der Waals surface area contributed by atoms with Gasteiger partial charge in [0.05, 0.1) is 21.5 Å². The van der Waals surface area contributed by atoms with E-state index in [1.54, 1.807) is 48.2 Å². The highest BCUT2D eigenvalue weighted by Crippen LogP contribution is 2.34. The van der Waals surface area contributed by atoms with Crippen molar-refractivity contribution in [2.75, 3.05) is 29.6 Å². The Kier molecular flexibility index (Phi) is 7.49. The lowest BCUT2D eigenvalue weighted by atomic mass is 9.99. The molecule has 3 heterocycles. The summed E-state index contributed by atoms with van der Waals surface area (Å²) in [6, 6.07) is 5.95. The van der Waals surface area contributed by atoms with Crippen molar-refractivity contribution >= 4 is 33.2 Å². The van der Waals surface area contributed by atoms with E-state index in [2.05, 4.69) is 19.8 Å². The van der Waals surface area contributed by atoms with Gasteiger partial charge in [0.15, 0.2) is 0 Å². The highest BCUT2D eigenvalue weighted by molar-refractivity contribution is 7.93. The Balaban J connectivity index is 1.76. The van der Waals surface area contributed by atoms with E-state index in [1.807, 2.05) is 0 Å². The first-order valence-corrected chi connectivity index (χ1v) is 13.8. The maximum absolute atomic E-state index is 14.1. The van der Waals surface area contributed by atoms with Gasteiger partial charge in [0.1, 0.15) is 5.82 Å². The molecule has 13 heteroatoms. The first-order chi connectivity index (χ1) is 17.9. The first kappa shape index (κ1) is 27.2. The summed E-state index contributed by atoms with van der Waals surface area (Å²) < 4.78 is 45.8. The van der Waals surface area contributed by atoms with Gasteiger partial charge in [0.25, 0.3) is 5.91 Å². The lowest BCUT2D eigenvalue weighted by Crippen LogP contribution is -2.30. The van der Waals surface area contributed by atoms with Gasteiger partial charge in [-0.05, 0) is 37.1 Å². The Bertz CT molecular complexity index is 1510. The van der Waals surface area contributed by atoms with Crippen molar-refractivity contribution in [1.82, 2.24) is 14.8 Å². The molecule has 4 rings (SSSR count). The molecule has 1 atom stereocenters. The number of aromatic nitrogens is 3. The van der Waals surface area contributed by atoms with E-state index in [1.165, 1.54) is 24.5 Å². The maximum atomic E-state index is 14.1. The van der Waals surface area contributed by atoms with Crippen molar-refractivity contribution in [1.29, 1.82) is 0 Å². The lowest BCUT2D eigenvalue weighted by Gasteiger charge is -2.26. The molecule has 1 fully saturated rings. The molecule has 202 valence electrons. The minimum absolute atomic E-state index is 0.0377. The molecule has 1 saturated heterocycles. The van der Waals surface area contributed by atoms with Crippen LogP contribution in [-0.4, -0.2) is 61.3 Å². The number of rotatable bonds is 5. The molecular formula is C25H28F2N6O4S. The zero-order valence-electron chi connectivity index (χ0n) is 21.1. The van der Waals surface area contributed by atoms with E-state index in [4.69, 9.17) is 5.11 Å². The maximum Gasteiger partial charge on any atom is 0.439 e. The number of nitrogens with zero attached hydrogens (tertiary/aromatic N) is 5. The van der Waals surface area contributed by atoms with Gasteiger partial charge in [0, 0.05) is 73.3 Å². The number of pyridine rings is 1. The zero-order valence-corrected chi connectivity index (χ0v) is 22.0. The number of benzene rings is 1. The number of carbonyl (C=O) groups is 2. The van der Waals surface area contributed by atoms with Crippen molar-refractivity contribution in [2.24, 2.45) is 11.4 Å². The second kappa shape index (κ2) is 10.5. The normalized spacial score (nSPS) is 16.8. The van der Waals surface area contributed by atoms with Crippen LogP contribution in [0.3, 0.4) is 0 Å². The molecule has 0 saturated carbocycles. The SMILES string of the molecule is Cc1c(-c2cnn(C)c2)cnc(N2CCCC(F)(F)CC2)c1C(=O)Nc1cccc(S(C)(=O)=NC(=O)O)c1. The van der Waals surface area contributed by atoms with Crippen LogP contribution in [0.5, 0.6) is 0 Å². The highest BCUT2D eigenvalue weighted by Gasteiger charge is 2.33. The molecule has 2 amide bonds. The molecule has 2 N–H and O–H groups in total. The average Bonchev–Trinajstić information content (AvgIpc) is 3.17. The minimum Gasteiger partial charge on any atom is -0.463 e. The van der Waals surface area contributed by atoms with Gasteiger partial charge in [-0.1, -0.05) is 6.07 Å². The monoisotopic (exact) mass is 546 g/mol. The van der Waals surface area contributed by atoms with Crippen LogP contribution >= 0.6 is 0 Å². The quantitative estimate of drug-likeness (QED) is 0.470. The molecule has 1 unspecified atom stereocenters. The van der Waals surface area contributed by atoms with Gasteiger partial charge in [0.2, 0.25) is 5.92 Å². The van der Waals surface area contributed by atoms with Gasteiger partial charge >= 0.3 is 6.09 Å². The van der Waals surface area contributed by atoms with Crippen LogP contribution in [0.15, 0.2) is 52.1 Å². The molecule has 0 radical (unpaired) electrons. The Morgan fingerprint density at radius 3 is 2.66 bits per heavy atom. The zero-order chi connectivity index (χ0) is 27.7. The van der Waals surface area contributed by atoms with Crippen LogP contribution in [-0.2, 0) is 16.8 Å². The number of carboxylic acid groups (broad SMARTS) is 1. The summed E-state index contributed by atoms with van der Waals surface area (Å²) in [4.78, 5) is 31.1. The Morgan fingerprint density at radius 1 is 1.21 bits per heavy atom. The molecule has 1 aliphatic heterocycles. The highest BCUT2D eigenvalue weighted by atomic mass is 32.2. The summed E-state index contributed by atoms with van der Waals surface area (Å²) in [6.45, 7) is 2.12. The van der Waals surface area contributed by atoms with Gasteiger partial charge in [-0.3, -0.25) is 9.48 Å². The molecule has 0 aliphatic carbocycles. The van der Waals surface area contributed by atoms with Crippen LogP contribution < -0.4 is 10.2 Å². The van der Waals surface area contributed by atoms with Crippen LogP contribution in [0, 0.1) is 6.92 Å². The Hall–Kier alpha value is -3.87. The third kappa shape index (κ3) is 5.98. The molecular weight excluding hydrogens is 518 g/mol. The summed E-state index contributed by atoms with van der Waals surface area (Å²) in [5.41, 5.74) is 2.48. The van der Waals surface area contributed by atoms with Gasteiger partial charge < -0.3 is 15.3 Å². The van der Waals surface area contributed by atoms with Crippen molar-refractivity contribution < 1.29 is 27.7 Å². The van der Waals surface area contributed by atoms with E-state index in [0.717, 1.165) is 5.56 Å². The smallest absolute Gasteiger partial charge is 0.439 e. The fourth-order valence-corrected chi connectivity index (χ4v) is 5.51. The molecule has 0 bridgehead atoms. The Labute approximate surface area is 218 Å². The number of anilines is 2. The summed E-state index contributed by atoms with van der Waals surface area (Å²) in [5.74, 6) is -3.03. The number of halogens is 2. The van der Waals surface area contributed by atoms with Crippen LogP contribution in [0.1, 0.15) is 35.2 Å². The topological polar surface area (TPSA) is 130 Å². The molecule has 0 spiro atoms. The van der Waals surface area contributed by atoms with Crippen molar-refractivity contribution in [3.8, 4) is 11.1 Å². The van der Waals surface area contributed by atoms with Crippen LogP contribution in [0.25, 0.3) is 11.1 Å². The number of amides is 2. The average molecular weight is 547 g/mol. The second-order valence-corrected chi connectivity index (χ2v) is 11.5. The predicted octanol–water partition coefficient (Wildman–Crippen LogP) is 4.80. The van der Waals surface area contributed by atoms with Crippen LogP contribution in [0.2, 0.25) is 0 Å². The third-order valence-electron chi connectivity index (χ3n) is 6.36. The molecule has 10 nitrogen and oxygen atoms in total. The number of hydrogen-bond acceptors (Lipinski definition) is 6. The van der Waals surface area contributed by atoms with E-state index in [0.29, 0.717) is 23.5 Å². The van der Waals surface area contributed by atoms with Crippen molar-refractivity contribution in [3.63, 3.8) is 0 Å². The Morgan fingerprint density at radius 2 is 1.97 bits per heavy atom. The third-order valence-corrected chi connectivity index (χ3v) is 7.99. The molecule has 1 aromatic carbocycles. The standard InChI is InChI=1S/C25H28F2N6O4S/c1-16-20(17-13-29-32(2)15-17)14-28-22(33-10-5-8-25(26,27)9-11-33)21(16)23(34)30-18-6-4-7-19(12-18)38(3,37)31-24(35)36/h4,6-7,12-15H,5,8-11H2,1-3H3,(H,30,34)(H,35,36). The summed E-state index contributed by atoms with van der Waals surface area (Å²) in [5, 5.41) is 15.9. The van der Waals surface area contributed by atoms with Crippen molar-refractivity contribution in [3.05, 3.63) is 54.0 Å². The largest absolute Gasteiger partial charge is 0.463 e. The molecule has 1 aliphatic rings. The number of aryl methyl sites for hydroxylation is 1. The van der Waals surface area contributed by atoms with E-state index in [-0.39, 0.29) is 42.0 Å². The fraction of sp³-hybridized carbons (Fsp3) is 0.360. The number of carbonyl (C=O) groups excluding carboxylic acids is 1. The lowest BCUT2D eigenvalue weighted by molar-refractivity contribution is -0.0102. The van der Waals surface area contributed by atoms with E-state index in [9.17, 15) is 22.6 Å². The number of hydrogen-bond donors (Lipinski definition) is 2. The number of alkyl halides is 2. The van der Waals surface area contributed by atoms with Gasteiger partial charge in [-0.15, -0.1) is 4.36 Å². The van der Waals surface area contributed by atoms with E-state index >= 15 is 0 Å². The van der Waals surface area contributed by atoms with Crippen molar-refractivity contribution in [2.45, 2.75) is 37.0 Å². The summed E-state index contributed by atoms with van der Waals surface area (Å²) >= 11 is 0. The van der Waals surface area contributed by atoms with Crippen LogP contribution in [0.4, 0.5) is 25.1 Å². The summed E-state index contributed by atoms with van der Waals surface area (Å²) in [7, 11) is -1.48. The molecule has 3 aromatic rings. The second-order valence-electron chi connectivity index (χ2n) is 9.25. The number of nitrogens with one attached hydrogen (secondary N) is 1. The van der Waals surface area contributed by atoms with E-state index < -0.39 is 27.7 Å². The summed E-state index contributed by atoms with van der Waals surface area (Å²) in [6.07, 6.45) is 4.34. The van der Waals surface area contributed by atoms with Gasteiger partial charge in [-0.25, -0.2) is 22.8 Å². The minimum atomic E-state index is -3.25.